The van der Waals surface area contributed by atoms with Crippen molar-refractivity contribution in [2.24, 2.45) is 0 Å². The van der Waals surface area contributed by atoms with Gasteiger partial charge >= 0.3 is 0 Å². The molecule has 0 amide bonds. The van der Waals surface area contributed by atoms with Gasteiger partial charge in [-0.2, -0.15) is 0 Å². The summed E-state index contributed by atoms with van der Waals surface area (Å²) in [5.74, 6) is 0. The Kier molecular flexibility index (Phi) is 5.60. The van der Waals surface area contributed by atoms with Gasteiger partial charge in [0.2, 0.25) is 0 Å². The molecule has 0 fully saturated rings. The van der Waals surface area contributed by atoms with Gasteiger partial charge in [-0.15, -0.1) is 0 Å². The summed E-state index contributed by atoms with van der Waals surface area (Å²) in [7, 11) is -4.03. The Bertz CT molecular complexity index is 2840. The van der Waals surface area contributed by atoms with Crippen molar-refractivity contribution < 1.29 is 8.42 Å². The number of nitrogens with zero attached hydrogens (tertiary/aromatic N) is 3. The lowest BCUT2D eigenvalue weighted by atomic mass is 9.95. The van der Waals surface area contributed by atoms with Crippen LogP contribution in [0.2, 0.25) is 0 Å². The molecule has 228 valence electrons. The van der Waals surface area contributed by atoms with Gasteiger partial charge in [-0.1, -0.05) is 91.0 Å². The van der Waals surface area contributed by atoms with E-state index in [1.165, 1.54) is 4.31 Å². The van der Waals surface area contributed by atoms with Gasteiger partial charge in [-0.3, -0.25) is 0 Å². The van der Waals surface area contributed by atoms with Crippen LogP contribution in [-0.2, 0) is 10.0 Å². The van der Waals surface area contributed by atoms with Gasteiger partial charge in [0.1, 0.15) is 0 Å². The number of rotatable bonds is 3. The van der Waals surface area contributed by atoms with Crippen LogP contribution in [0.5, 0.6) is 0 Å². The largest absolute Gasteiger partial charge is 0.309 e. The van der Waals surface area contributed by atoms with Crippen molar-refractivity contribution in [3.63, 3.8) is 0 Å². The van der Waals surface area contributed by atoms with E-state index in [4.69, 9.17) is 0 Å². The highest BCUT2D eigenvalue weighted by atomic mass is 32.2. The van der Waals surface area contributed by atoms with Gasteiger partial charge in [0.25, 0.3) is 10.0 Å². The van der Waals surface area contributed by atoms with E-state index in [2.05, 4.69) is 81.9 Å². The van der Waals surface area contributed by atoms with Gasteiger partial charge in [0.05, 0.1) is 38.3 Å². The molecule has 9 aromatic rings. The van der Waals surface area contributed by atoms with Crippen molar-refractivity contribution in [2.75, 3.05) is 4.31 Å². The highest BCUT2D eigenvalue weighted by molar-refractivity contribution is 7.93. The molecule has 10 rings (SSSR count). The van der Waals surface area contributed by atoms with Gasteiger partial charge in [0, 0.05) is 44.0 Å². The molecule has 3 heterocycles. The number of anilines is 2. The predicted octanol–water partition coefficient (Wildman–Crippen LogP) is 10.4. The standard InChI is InChI=1S/C42H27N3O2S/c46-48(47)40-27-39-33(31-20-10-12-22-35(31)44(39)29-16-6-2-7-17-29)26-34(40)42-38(45(48)30-18-8-3-9-19-30)25-24-37-41(42)32-21-11-13-23-36(32)43(37)28-14-4-1-5-15-28/h1-27H. The van der Waals surface area contributed by atoms with E-state index < -0.39 is 10.0 Å². The first kappa shape index (κ1) is 27.0. The second kappa shape index (κ2) is 9.94. The Morgan fingerprint density at radius 2 is 0.938 bits per heavy atom. The van der Waals surface area contributed by atoms with Crippen LogP contribution in [0.4, 0.5) is 11.4 Å². The molecule has 0 radical (unpaired) electrons. The summed E-state index contributed by atoms with van der Waals surface area (Å²) >= 11 is 0. The molecule has 7 aromatic carbocycles. The number of para-hydroxylation sites is 5. The van der Waals surface area contributed by atoms with Gasteiger partial charge in [0.15, 0.2) is 0 Å². The minimum absolute atomic E-state index is 0.287. The molecule has 0 saturated carbocycles. The maximum atomic E-state index is 15.0. The molecule has 48 heavy (non-hydrogen) atoms. The molecule has 0 unspecified atom stereocenters. The summed E-state index contributed by atoms with van der Waals surface area (Å²) in [6, 6.07) is 54.6. The average molecular weight is 638 g/mol. The molecule has 1 aliphatic heterocycles. The summed E-state index contributed by atoms with van der Waals surface area (Å²) in [5, 5.41) is 4.17. The Balaban J connectivity index is 1.41. The van der Waals surface area contributed by atoms with Crippen LogP contribution in [0.3, 0.4) is 0 Å². The van der Waals surface area contributed by atoms with Crippen molar-refractivity contribution in [3.8, 4) is 22.5 Å². The van der Waals surface area contributed by atoms with Crippen LogP contribution >= 0.6 is 0 Å². The first-order valence-electron chi connectivity index (χ1n) is 16.0. The van der Waals surface area contributed by atoms with Gasteiger partial charge in [-0.05, 0) is 72.8 Å². The lowest BCUT2D eigenvalue weighted by Gasteiger charge is -2.33. The van der Waals surface area contributed by atoms with E-state index in [0.717, 1.165) is 60.5 Å². The van der Waals surface area contributed by atoms with Gasteiger partial charge < -0.3 is 9.13 Å². The zero-order valence-electron chi connectivity index (χ0n) is 25.7. The van der Waals surface area contributed by atoms with Crippen molar-refractivity contribution in [3.05, 3.63) is 164 Å². The SMILES string of the molecule is O=S1(=O)c2cc3c(cc2-c2c(ccc4c2c2ccccc2n4-c2ccccc2)N1c1ccccc1)c1ccccc1n3-c1ccccc1. The molecule has 0 spiro atoms. The summed E-state index contributed by atoms with van der Waals surface area (Å²) in [4.78, 5) is 0.287. The number of fused-ring (bicyclic) bond motifs is 10. The lowest BCUT2D eigenvalue weighted by Crippen LogP contribution is -2.30. The normalized spacial score (nSPS) is 13.7. The first-order chi connectivity index (χ1) is 23.6. The Morgan fingerprint density at radius 1 is 0.417 bits per heavy atom. The van der Waals surface area contributed by atoms with Crippen LogP contribution in [0.15, 0.2) is 169 Å². The number of hydrogen-bond acceptors (Lipinski definition) is 2. The van der Waals surface area contributed by atoms with E-state index in [0.29, 0.717) is 16.9 Å². The van der Waals surface area contributed by atoms with E-state index in [1.54, 1.807) is 0 Å². The van der Waals surface area contributed by atoms with Crippen LogP contribution in [-0.4, -0.2) is 17.6 Å². The highest BCUT2D eigenvalue weighted by Gasteiger charge is 2.39. The minimum Gasteiger partial charge on any atom is -0.309 e. The zero-order valence-corrected chi connectivity index (χ0v) is 26.5. The second-order valence-corrected chi connectivity index (χ2v) is 14.0. The fraction of sp³-hybridized carbons (Fsp3) is 0. The Labute approximate surface area is 277 Å². The summed E-state index contributed by atoms with van der Waals surface area (Å²) in [5.41, 5.74) is 8.84. The molecule has 6 heteroatoms. The fourth-order valence-corrected chi connectivity index (χ4v) is 9.38. The first-order valence-corrected chi connectivity index (χ1v) is 17.4. The highest BCUT2D eigenvalue weighted by Crippen LogP contribution is 2.53. The monoisotopic (exact) mass is 637 g/mol. The fourth-order valence-electron chi connectivity index (χ4n) is 7.68. The number of benzene rings is 7. The number of hydrogen-bond donors (Lipinski definition) is 0. The average Bonchev–Trinajstić information content (AvgIpc) is 3.65. The number of sulfonamides is 1. The maximum absolute atomic E-state index is 15.0. The lowest BCUT2D eigenvalue weighted by molar-refractivity contribution is 0.596. The zero-order chi connectivity index (χ0) is 32.0. The molecule has 0 aliphatic carbocycles. The quantitative estimate of drug-likeness (QED) is 0.194. The van der Waals surface area contributed by atoms with Crippen molar-refractivity contribution in [2.45, 2.75) is 4.90 Å². The van der Waals surface area contributed by atoms with Gasteiger partial charge in [-0.25, -0.2) is 12.7 Å². The Hall–Kier alpha value is -6.11. The van der Waals surface area contributed by atoms with E-state index >= 15 is 8.42 Å². The summed E-state index contributed by atoms with van der Waals surface area (Å²) in [6.07, 6.45) is 0. The van der Waals surface area contributed by atoms with Crippen LogP contribution in [0, 0.1) is 0 Å². The molecule has 0 N–H and O–H groups in total. The molecular weight excluding hydrogens is 611 g/mol. The van der Waals surface area contributed by atoms with Crippen molar-refractivity contribution in [1.82, 2.24) is 9.13 Å². The van der Waals surface area contributed by atoms with E-state index in [1.807, 2.05) is 91.0 Å². The molecule has 5 nitrogen and oxygen atoms in total. The molecule has 0 atom stereocenters. The summed E-state index contributed by atoms with van der Waals surface area (Å²) < 4.78 is 36.0. The molecule has 0 bridgehead atoms. The molecule has 1 aliphatic rings. The van der Waals surface area contributed by atoms with Crippen molar-refractivity contribution in [1.29, 1.82) is 0 Å². The third kappa shape index (κ3) is 3.63. The predicted molar refractivity (Wildman–Crippen MR) is 196 cm³/mol. The van der Waals surface area contributed by atoms with Crippen molar-refractivity contribution >= 4 is 65.0 Å². The van der Waals surface area contributed by atoms with E-state index in [-0.39, 0.29) is 4.90 Å². The molecule has 0 saturated heterocycles. The molecule has 2 aromatic heterocycles. The minimum atomic E-state index is -4.03. The third-order valence-corrected chi connectivity index (χ3v) is 11.4. The Morgan fingerprint density at radius 3 is 1.58 bits per heavy atom. The number of aromatic nitrogens is 2. The summed E-state index contributed by atoms with van der Waals surface area (Å²) in [6.45, 7) is 0. The van der Waals surface area contributed by atoms with Crippen LogP contribution in [0.1, 0.15) is 0 Å². The van der Waals surface area contributed by atoms with Crippen LogP contribution in [0.25, 0.3) is 66.1 Å². The topological polar surface area (TPSA) is 47.2 Å². The smallest absolute Gasteiger partial charge is 0.269 e. The van der Waals surface area contributed by atoms with E-state index in [9.17, 15) is 0 Å². The maximum Gasteiger partial charge on any atom is 0.269 e. The molecular formula is C42H27N3O2S. The van der Waals surface area contributed by atoms with Crippen LogP contribution < -0.4 is 4.31 Å². The second-order valence-electron chi connectivity index (χ2n) is 12.2. The third-order valence-electron chi connectivity index (χ3n) is 9.62.